The monoisotopic (exact) mass is 424 g/mol. The van der Waals surface area contributed by atoms with Crippen LogP contribution in [0.3, 0.4) is 0 Å². The molecule has 6 heteroatoms. The third-order valence-corrected chi connectivity index (χ3v) is 5.20. The van der Waals surface area contributed by atoms with Crippen LogP contribution in [0.4, 0.5) is 11.4 Å². The molecule has 1 atom stereocenters. The number of carbonyl (C=O) groups is 1. The molecule has 27 heavy (non-hydrogen) atoms. The van der Waals surface area contributed by atoms with Gasteiger partial charge in [0.25, 0.3) is 5.91 Å². The number of hydrogen-bond donors (Lipinski definition) is 2. The molecule has 3 aromatic rings. The summed E-state index contributed by atoms with van der Waals surface area (Å²) in [6, 6.07) is 20.0. The van der Waals surface area contributed by atoms with Gasteiger partial charge >= 0.3 is 0 Å². The molecule has 2 N–H and O–H groups in total. The predicted molar refractivity (Wildman–Crippen MR) is 108 cm³/mol. The van der Waals surface area contributed by atoms with Crippen molar-refractivity contribution in [3.63, 3.8) is 0 Å². The molecule has 1 aliphatic rings. The van der Waals surface area contributed by atoms with E-state index in [9.17, 15) is 9.90 Å². The average Bonchev–Trinajstić information content (AvgIpc) is 2.70. The Labute approximate surface area is 165 Å². The van der Waals surface area contributed by atoms with Gasteiger partial charge in [0.1, 0.15) is 17.7 Å². The molecule has 0 aliphatic carbocycles. The highest BCUT2D eigenvalue weighted by molar-refractivity contribution is 9.10. The topological polar surface area (TPSA) is 61.8 Å². The first-order valence-electron chi connectivity index (χ1n) is 8.40. The van der Waals surface area contributed by atoms with Gasteiger partial charge in [0.15, 0.2) is 0 Å². The van der Waals surface area contributed by atoms with E-state index >= 15 is 0 Å². The molecule has 0 aromatic heterocycles. The van der Waals surface area contributed by atoms with Crippen molar-refractivity contribution in [1.82, 2.24) is 0 Å². The fourth-order valence-corrected chi connectivity index (χ4v) is 3.59. The smallest absolute Gasteiger partial charge is 0.262 e. The van der Waals surface area contributed by atoms with E-state index in [1.54, 1.807) is 24.1 Å². The summed E-state index contributed by atoms with van der Waals surface area (Å²) in [5, 5.41) is 13.3. The van der Waals surface area contributed by atoms with Crippen LogP contribution in [0.25, 0.3) is 0 Å². The molecule has 1 heterocycles. The number of nitrogens with one attached hydrogen (secondary N) is 1. The van der Waals surface area contributed by atoms with Gasteiger partial charge in [0, 0.05) is 11.4 Å². The van der Waals surface area contributed by atoms with Crippen molar-refractivity contribution in [2.24, 2.45) is 0 Å². The Morgan fingerprint density at radius 3 is 2.52 bits per heavy atom. The van der Waals surface area contributed by atoms with Crippen molar-refractivity contribution in [2.75, 3.05) is 17.3 Å². The minimum atomic E-state index is -0.419. The standard InChI is InChI=1S/C21H17BrN2O3/c1-27-15-9-7-14(8-10-15)24-20(13-6-11-19(25)17(22)12-13)23-18-5-3-2-4-16(18)21(24)26/h2-12,20,23,25H,1H3. The van der Waals surface area contributed by atoms with E-state index in [2.05, 4.69) is 21.2 Å². The zero-order valence-corrected chi connectivity index (χ0v) is 16.1. The van der Waals surface area contributed by atoms with Crippen molar-refractivity contribution in [2.45, 2.75) is 6.17 Å². The van der Waals surface area contributed by atoms with Crippen molar-refractivity contribution in [3.8, 4) is 11.5 Å². The Morgan fingerprint density at radius 1 is 1.07 bits per heavy atom. The summed E-state index contributed by atoms with van der Waals surface area (Å²) in [6.07, 6.45) is -0.419. The molecule has 0 radical (unpaired) electrons. The Morgan fingerprint density at radius 2 is 1.81 bits per heavy atom. The highest BCUT2D eigenvalue weighted by Gasteiger charge is 2.34. The van der Waals surface area contributed by atoms with Gasteiger partial charge in [-0.2, -0.15) is 0 Å². The lowest BCUT2D eigenvalue weighted by atomic mass is 10.0. The van der Waals surface area contributed by atoms with E-state index in [0.29, 0.717) is 10.0 Å². The Kier molecular flexibility index (Phi) is 4.49. The summed E-state index contributed by atoms with van der Waals surface area (Å²) in [7, 11) is 1.61. The maximum Gasteiger partial charge on any atom is 0.262 e. The molecule has 1 unspecified atom stereocenters. The molecule has 136 valence electrons. The third-order valence-electron chi connectivity index (χ3n) is 4.56. The molecule has 0 fully saturated rings. The fourth-order valence-electron chi connectivity index (χ4n) is 3.19. The number of anilines is 2. The highest BCUT2D eigenvalue weighted by Crippen LogP contribution is 2.38. The van der Waals surface area contributed by atoms with Gasteiger partial charge in [-0.25, -0.2) is 0 Å². The number of phenolic OH excluding ortho intramolecular Hbond substituents is 1. The van der Waals surface area contributed by atoms with Crippen LogP contribution in [-0.4, -0.2) is 18.1 Å². The van der Waals surface area contributed by atoms with Gasteiger partial charge in [-0.3, -0.25) is 9.69 Å². The minimum absolute atomic E-state index is 0.0938. The summed E-state index contributed by atoms with van der Waals surface area (Å²) < 4.78 is 5.80. The van der Waals surface area contributed by atoms with Crippen LogP contribution in [0.1, 0.15) is 22.1 Å². The van der Waals surface area contributed by atoms with Crippen molar-refractivity contribution < 1.29 is 14.6 Å². The molecule has 4 rings (SSSR count). The molecule has 1 amide bonds. The average molecular weight is 425 g/mol. The van der Waals surface area contributed by atoms with Gasteiger partial charge in [-0.05, 0) is 70.0 Å². The van der Waals surface area contributed by atoms with E-state index in [-0.39, 0.29) is 11.7 Å². The lowest BCUT2D eigenvalue weighted by molar-refractivity contribution is 0.0975. The molecular formula is C21H17BrN2O3. The van der Waals surface area contributed by atoms with E-state index in [1.807, 2.05) is 54.6 Å². The fraction of sp³-hybridized carbons (Fsp3) is 0.0952. The molecule has 0 bridgehead atoms. The number of rotatable bonds is 3. The highest BCUT2D eigenvalue weighted by atomic mass is 79.9. The van der Waals surface area contributed by atoms with E-state index in [1.165, 1.54) is 0 Å². The number of benzene rings is 3. The third kappa shape index (κ3) is 3.13. The Bertz CT molecular complexity index is 1000. The first-order chi connectivity index (χ1) is 13.1. The molecule has 0 spiro atoms. The Hall–Kier alpha value is -2.99. The second-order valence-electron chi connectivity index (χ2n) is 6.18. The number of nitrogens with zero attached hydrogens (tertiary/aromatic N) is 1. The lowest BCUT2D eigenvalue weighted by Gasteiger charge is -2.38. The lowest BCUT2D eigenvalue weighted by Crippen LogP contribution is -2.43. The molecule has 0 saturated carbocycles. The van der Waals surface area contributed by atoms with Gasteiger partial charge in [-0.15, -0.1) is 0 Å². The quantitative estimate of drug-likeness (QED) is 0.625. The predicted octanol–water partition coefficient (Wildman–Crippen LogP) is 4.93. The van der Waals surface area contributed by atoms with Crippen molar-refractivity contribution in [1.29, 1.82) is 0 Å². The number of phenols is 1. The van der Waals surface area contributed by atoms with Gasteiger partial charge in [0.2, 0.25) is 0 Å². The van der Waals surface area contributed by atoms with E-state index in [4.69, 9.17) is 4.74 Å². The first-order valence-corrected chi connectivity index (χ1v) is 9.19. The minimum Gasteiger partial charge on any atom is -0.507 e. The molecule has 5 nitrogen and oxygen atoms in total. The molecule has 3 aromatic carbocycles. The zero-order valence-electron chi connectivity index (χ0n) is 14.5. The van der Waals surface area contributed by atoms with Gasteiger partial charge in [0.05, 0.1) is 17.1 Å². The summed E-state index contributed by atoms with van der Waals surface area (Å²) in [5.74, 6) is 0.779. The normalized spacial score (nSPS) is 15.9. The molecular weight excluding hydrogens is 408 g/mol. The number of amides is 1. The number of halogens is 1. The van der Waals surface area contributed by atoms with Crippen molar-refractivity contribution in [3.05, 3.63) is 82.3 Å². The molecule has 0 saturated heterocycles. The second-order valence-corrected chi connectivity index (χ2v) is 7.03. The Balaban J connectivity index is 1.84. The summed E-state index contributed by atoms with van der Waals surface area (Å²) in [5.41, 5.74) is 2.99. The van der Waals surface area contributed by atoms with Crippen LogP contribution in [0, 0.1) is 0 Å². The number of para-hydroxylation sites is 1. The summed E-state index contributed by atoms with van der Waals surface area (Å²) >= 11 is 3.36. The SMILES string of the molecule is COc1ccc(N2C(=O)c3ccccc3NC2c2ccc(O)c(Br)c2)cc1. The summed E-state index contributed by atoms with van der Waals surface area (Å²) in [4.78, 5) is 15.0. The van der Waals surface area contributed by atoms with Crippen LogP contribution >= 0.6 is 15.9 Å². The molecule has 1 aliphatic heterocycles. The van der Waals surface area contributed by atoms with Crippen LogP contribution in [0.2, 0.25) is 0 Å². The van der Waals surface area contributed by atoms with Crippen LogP contribution in [0.5, 0.6) is 11.5 Å². The number of ether oxygens (including phenoxy) is 1. The number of hydrogen-bond acceptors (Lipinski definition) is 4. The largest absolute Gasteiger partial charge is 0.507 e. The zero-order chi connectivity index (χ0) is 19.0. The number of aromatic hydroxyl groups is 1. The van der Waals surface area contributed by atoms with Crippen molar-refractivity contribution >= 4 is 33.2 Å². The number of carbonyl (C=O) groups excluding carboxylic acids is 1. The number of fused-ring (bicyclic) bond motifs is 1. The van der Waals surface area contributed by atoms with Crippen LogP contribution in [0.15, 0.2) is 71.2 Å². The van der Waals surface area contributed by atoms with E-state index in [0.717, 1.165) is 22.7 Å². The van der Waals surface area contributed by atoms with E-state index < -0.39 is 6.17 Å². The maximum absolute atomic E-state index is 13.3. The summed E-state index contributed by atoms with van der Waals surface area (Å²) in [6.45, 7) is 0. The second kappa shape index (κ2) is 6.96. The van der Waals surface area contributed by atoms with Gasteiger partial charge in [-0.1, -0.05) is 18.2 Å². The maximum atomic E-state index is 13.3. The first kappa shape index (κ1) is 17.4. The van der Waals surface area contributed by atoms with Crippen LogP contribution in [-0.2, 0) is 0 Å². The van der Waals surface area contributed by atoms with Gasteiger partial charge < -0.3 is 15.2 Å². The number of methoxy groups -OCH3 is 1. The van der Waals surface area contributed by atoms with Crippen LogP contribution < -0.4 is 15.0 Å².